The van der Waals surface area contributed by atoms with Crippen LogP contribution < -0.4 is 0 Å². The van der Waals surface area contributed by atoms with Gasteiger partial charge < -0.3 is 0 Å². The second kappa shape index (κ2) is 4.40. The van der Waals surface area contributed by atoms with Crippen LogP contribution in [0.5, 0.6) is 0 Å². The molecule has 0 aromatic carbocycles. The minimum atomic E-state index is -2.68. The average molecular weight is 176 g/mol. The molecule has 1 N–H and O–H groups in total. The van der Waals surface area contributed by atoms with E-state index in [1.807, 2.05) is 6.07 Å². The molecule has 4 nitrogen and oxygen atoms in total. The molecule has 0 aliphatic carbocycles. The largest absolute Gasteiger partial charge is 0.696 e. The standard InChI is InChI=1S/C6H10NO3P/c1-3-6(4-2,5-7)10-11(8)9/h3-4H2,1-2H3/p+1. The van der Waals surface area contributed by atoms with E-state index in [4.69, 9.17) is 10.2 Å². The molecule has 0 aromatic rings. The Morgan fingerprint density at radius 1 is 1.64 bits per heavy atom. The quantitative estimate of drug-likeness (QED) is 0.662. The molecule has 0 fully saturated rings. The van der Waals surface area contributed by atoms with Gasteiger partial charge in [-0.05, 0) is 12.8 Å². The predicted molar refractivity (Wildman–Crippen MR) is 39.8 cm³/mol. The molecule has 5 heteroatoms. The van der Waals surface area contributed by atoms with Crippen LogP contribution in [0.25, 0.3) is 0 Å². The molecule has 11 heavy (non-hydrogen) atoms. The van der Waals surface area contributed by atoms with Crippen molar-refractivity contribution in [1.82, 2.24) is 0 Å². The third-order valence-corrected chi connectivity index (χ3v) is 2.10. The van der Waals surface area contributed by atoms with Crippen molar-refractivity contribution in [1.29, 1.82) is 5.26 Å². The number of nitriles is 1. The van der Waals surface area contributed by atoms with Gasteiger partial charge in [-0.15, -0.1) is 4.89 Å². The van der Waals surface area contributed by atoms with E-state index in [0.717, 1.165) is 0 Å². The summed E-state index contributed by atoms with van der Waals surface area (Å²) < 4.78 is 14.9. The summed E-state index contributed by atoms with van der Waals surface area (Å²) in [6.07, 6.45) is 0.837. The van der Waals surface area contributed by atoms with E-state index in [0.29, 0.717) is 12.8 Å². The summed E-state index contributed by atoms with van der Waals surface area (Å²) in [7, 11) is -2.68. The van der Waals surface area contributed by atoms with E-state index in [-0.39, 0.29) is 0 Å². The van der Waals surface area contributed by atoms with E-state index < -0.39 is 13.9 Å². The fourth-order valence-electron chi connectivity index (χ4n) is 0.707. The second-order valence-corrected chi connectivity index (χ2v) is 2.80. The maximum atomic E-state index is 10.3. The van der Waals surface area contributed by atoms with Crippen molar-refractivity contribution in [2.45, 2.75) is 32.3 Å². The lowest BCUT2D eigenvalue weighted by Gasteiger charge is -2.13. The monoisotopic (exact) mass is 176 g/mol. The lowest BCUT2D eigenvalue weighted by atomic mass is 10.0. The smallest absolute Gasteiger partial charge is 0.195 e. The molecule has 0 radical (unpaired) electrons. The molecule has 0 bridgehead atoms. The fourth-order valence-corrected chi connectivity index (χ4v) is 1.31. The number of nitrogens with zero attached hydrogens (tertiary/aromatic N) is 1. The first-order valence-electron chi connectivity index (χ1n) is 3.36. The molecular weight excluding hydrogens is 165 g/mol. The molecule has 0 aliphatic heterocycles. The number of hydrogen-bond donors (Lipinski definition) is 1. The molecule has 0 saturated heterocycles. The summed E-state index contributed by atoms with van der Waals surface area (Å²) in [5.74, 6) is 0. The molecule has 0 saturated carbocycles. The van der Waals surface area contributed by atoms with Crippen LogP contribution in [0.4, 0.5) is 0 Å². The van der Waals surface area contributed by atoms with Crippen molar-refractivity contribution < 1.29 is 14.0 Å². The first-order valence-corrected chi connectivity index (χ1v) is 4.49. The molecule has 0 amide bonds. The third kappa shape index (κ3) is 2.94. The second-order valence-electron chi connectivity index (χ2n) is 2.14. The molecule has 0 aromatic heterocycles. The van der Waals surface area contributed by atoms with Crippen LogP contribution in [-0.4, -0.2) is 10.5 Å². The molecular formula is C6H11NO3P+. The van der Waals surface area contributed by atoms with Crippen LogP contribution in [0.15, 0.2) is 0 Å². The Labute approximate surface area is 66.7 Å². The van der Waals surface area contributed by atoms with Crippen molar-refractivity contribution >= 4 is 8.25 Å². The zero-order valence-electron chi connectivity index (χ0n) is 6.57. The topological polar surface area (TPSA) is 70.3 Å². The van der Waals surface area contributed by atoms with Crippen LogP contribution in [-0.2, 0) is 9.09 Å². The summed E-state index contributed by atoms with van der Waals surface area (Å²) in [5, 5.41) is 8.61. The normalized spacial score (nSPS) is 12.4. The van der Waals surface area contributed by atoms with E-state index in [2.05, 4.69) is 4.52 Å². The Morgan fingerprint density at radius 3 is 2.18 bits per heavy atom. The molecule has 0 heterocycles. The van der Waals surface area contributed by atoms with E-state index in [9.17, 15) is 4.57 Å². The minimum Gasteiger partial charge on any atom is -0.195 e. The van der Waals surface area contributed by atoms with Gasteiger partial charge in [-0.2, -0.15) is 5.26 Å². The van der Waals surface area contributed by atoms with Gasteiger partial charge in [0, 0.05) is 4.57 Å². The average Bonchev–Trinajstić information content (AvgIpc) is 2.00. The van der Waals surface area contributed by atoms with Gasteiger partial charge in [0.2, 0.25) is 5.60 Å². The predicted octanol–water partition coefficient (Wildman–Crippen LogP) is 1.74. The Morgan fingerprint density at radius 2 is 2.09 bits per heavy atom. The van der Waals surface area contributed by atoms with Gasteiger partial charge in [-0.3, -0.25) is 0 Å². The van der Waals surface area contributed by atoms with E-state index in [1.165, 1.54) is 0 Å². The SMILES string of the molecule is CCC(C#N)(CC)O[P+](=O)O. The molecule has 1 atom stereocenters. The summed E-state index contributed by atoms with van der Waals surface area (Å²) in [5.41, 5.74) is -1.08. The highest BCUT2D eigenvalue weighted by Crippen LogP contribution is 2.30. The zero-order valence-corrected chi connectivity index (χ0v) is 7.47. The van der Waals surface area contributed by atoms with Crippen molar-refractivity contribution in [3.05, 3.63) is 0 Å². The first kappa shape index (κ1) is 10.5. The van der Waals surface area contributed by atoms with Gasteiger partial charge in [0.25, 0.3) is 0 Å². The van der Waals surface area contributed by atoms with Crippen LogP contribution in [0.1, 0.15) is 26.7 Å². The Kier molecular flexibility index (Phi) is 4.20. The maximum Gasteiger partial charge on any atom is 0.696 e. The van der Waals surface area contributed by atoms with Crippen molar-refractivity contribution in [2.75, 3.05) is 0 Å². The van der Waals surface area contributed by atoms with Crippen molar-refractivity contribution in [3.8, 4) is 6.07 Å². The minimum absolute atomic E-state index is 0.418. The van der Waals surface area contributed by atoms with Crippen LogP contribution in [0.2, 0.25) is 0 Å². The first-order chi connectivity index (χ1) is 5.10. The fraction of sp³-hybridized carbons (Fsp3) is 0.833. The highest BCUT2D eigenvalue weighted by molar-refractivity contribution is 7.32. The summed E-state index contributed by atoms with van der Waals surface area (Å²) in [4.78, 5) is 8.42. The molecule has 0 rings (SSSR count). The number of hydrogen-bond acceptors (Lipinski definition) is 3. The Balaban J connectivity index is 4.32. The number of rotatable bonds is 4. The summed E-state index contributed by atoms with van der Waals surface area (Å²) in [6.45, 7) is 3.48. The van der Waals surface area contributed by atoms with Gasteiger partial charge in [0.15, 0.2) is 0 Å². The van der Waals surface area contributed by atoms with Gasteiger partial charge in [-0.1, -0.05) is 18.4 Å². The van der Waals surface area contributed by atoms with Crippen molar-refractivity contribution in [2.24, 2.45) is 0 Å². The molecule has 0 spiro atoms. The van der Waals surface area contributed by atoms with Crippen LogP contribution in [0, 0.1) is 11.3 Å². The van der Waals surface area contributed by atoms with Crippen LogP contribution in [0.3, 0.4) is 0 Å². The van der Waals surface area contributed by atoms with E-state index >= 15 is 0 Å². The molecule has 62 valence electrons. The van der Waals surface area contributed by atoms with E-state index in [1.54, 1.807) is 13.8 Å². The lowest BCUT2D eigenvalue weighted by molar-refractivity contribution is 0.112. The third-order valence-electron chi connectivity index (χ3n) is 1.60. The van der Waals surface area contributed by atoms with Gasteiger partial charge in [-0.25, -0.2) is 0 Å². The van der Waals surface area contributed by atoms with Gasteiger partial charge >= 0.3 is 8.25 Å². The Bertz CT molecular complexity index is 183. The van der Waals surface area contributed by atoms with Gasteiger partial charge in [0.05, 0.1) is 0 Å². The maximum absolute atomic E-state index is 10.3. The molecule has 1 unspecified atom stereocenters. The Hall–Kier alpha value is -0.490. The molecule has 0 aliphatic rings. The summed E-state index contributed by atoms with van der Waals surface area (Å²) >= 11 is 0. The highest BCUT2D eigenvalue weighted by atomic mass is 31.1. The zero-order chi connectivity index (χ0) is 8.91. The van der Waals surface area contributed by atoms with Crippen molar-refractivity contribution in [3.63, 3.8) is 0 Å². The van der Waals surface area contributed by atoms with Gasteiger partial charge in [0.1, 0.15) is 6.07 Å². The highest BCUT2D eigenvalue weighted by Gasteiger charge is 2.37. The lowest BCUT2D eigenvalue weighted by Crippen LogP contribution is -2.25. The summed E-state index contributed by atoms with van der Waals surface area (Å²) in [6, 6.07) is 1.88. The van der Waals surface area contributed by atoms with Crippen LogP contribution >= 0.6 is 8.25 Å².